The second-order valence-corrected chi connectivity index (χ2v) is 7.62. The Bertz CT molecular complexity index is 1080. The van der Waals surface area contributed by atoms with E-state index in [4.69, 9.17) is 26.8 Å². The Kier molecular flexibility index (Phi) is 4.45. The van der Waals surface area contributed by atoms with Crippen molar-refractivity contribution in [2.45, 2.75) is 36.8 Å². The Morgan fingerprint density at radius 3 is 2.83 bits per heavy atom. The topological polar surface area (TPSA) is 116 Å². The number of aliphatic hydroxyl groups excluding tert-OH is 2. The molecule has 2 aromatic heterocycles. The minimum absolute atomic E-state index is 0.193. The summed E-state index contributed by atoms with van der Waals surface area (Å²) in [6.07, 6.45) is -3.47. The molecule has 2 aliphatic rings. The smallest absolute Gasteiger partial charge is 0.164 e. The molecule has 0 aliphatic carbocycles. The van der Waals surface area contributed by atoms with Gasteiger partial charge >= 0.3 is 0 Å². The van der Waals surface area contributed by atoms with Gasteiger partial charge in [0.25, 0.3) is 0 Å². The summed E-state index contributed by atoms with van der Waals surface area (Å²) < 4.78 is 27.6. The van der Waals surface area contributed by atoms with Gasteiger partial charge in [0.05, 0.1) is 12.0 Å². The highest BCUT2D eigenvalue weighted by Gasteiger charge is 2.50. The van der Waals surface area contributed by atoms with Gasteiger partial charge in [-0.1, -0.05) is 17.7 Å². The highest BCUT2D eigenvalue weighted by atomic mass is 35.5. The van der Waals surface area contributed by atoms with Gasteiger partial charge < -0.3 is 30.0 Å². The van der Waals surface area contributed by atoms with Crippen LogP contribution in [0.3, 0.4) is 0 Å². The molecule has 2 aliphatic heterocycles. The highest BCUT2D eigenvalue weighted by molar-refractivity contribution is 6.30. The lowest BCUT2D eigenvalue weighted by molar-refractivity contribution is -0.124. The van der Waals surface area contributed by atoms with Crippen molar-refractivity contribution in [3.63, 3.8) is 0 Å². The zero-order chi connectivity index (χ0) is 20.3. The largest absolute Gasteiger partial charge is 0.387 e. The minimum Gasteiger partial charge on any atom is -0.387 e. The molecule has 10 heteroatoms. The maximum Gasteiger partial charge on any atom is 0.164 e. The molecule has 1 saturated heterocycles. The molecule has 152 valence electrons. The van der Waals surface area contributed by atoms with Gasteiger partial charge in [0.2, 0.25) is 0 Å². The Morgan fingerprint density at radius 1 is 1.17 bits per heavy atom. The fraction of sp³-hybridized carbons (Fsp3) is 0.368. The first kappa shape index (κ1) is 18.7. The molecule has 29 heavy (non-hydrogen) atoms. The fourth-order valence-corrected chi connectivity index (χ4v) is 4.26. The number of ether oxygens (including phenoxy) is 2. The molecule has 3 aromatic rings. The molecule has 4 N–H and O–H groups in total. The number of fused-ring (bicyclic) bond motifs is 2. The van der Waals surface area contributed by atoms with Crippen LogP contribution < -0.4 is 5.73 Å². The lowest BCUT2D eigenvalue weighted by Crippen LogP contribution is -2.38. The SMILES string of the molecule is Nc1ncnc2c1ccn2[C@@H]1O[C@H]([C@@H]2OC[C@@H](F)c3cc(Cl)ccc32)[C@@H](O)[C@H]1O. The summed E-state index contributed by atoms with van der Waals surface area (Å²) in [4.78, 5) is 8.15. The van der Waals surface area contributed by atoms with Gasteiger partial charge in [-0.2, -0.15) is 0 Å². The van der Waals surface area contributed by atoms with Gasteiger partial charge in [-0.3, -0.25) is 0 Å². The molecular formula is C19H18ClFN4O4. The van der Waals surface area contributed by atoms with Crippen molar-refractivity contribution in [1.82, 2.24) is 14.5 Å². The number of rotatable bonds is 2. The molecule has 8 nitrogen and oxygen atoms in total. The summed E-state index contributed by atoms with van der Waals surface area (Å²) in [6, 6.07) is 6.54. The maximum atomic E-state index is 14.3. The molecule has 0 bridgehead atoms. The summed E-state index contributed by atoms with van der Waals surface area (Å²) in [5.74, 6) is 0.300. The summed E-state index contributed by atoms with van der Waals surface area (Å²) in [7, 11) is 0. The average molecular weight is 421 g/mol. The predicted molar refractivity (Wildman–Crippen MR) is 102 cm³/mol. The third-order valence-corrected chi connectivity index (χ3v) is 5.74. The molecule has 0 unspecified atom stereocenters. The number of alkyl halides is 1. The average Bonchev–Trinajstić information content (AvgIpc) is 3.26. The monoisotopic (exact) mass is 420 g/mol. The van der Waals surface area contributed by atoms with Gasteiger partial charge in [-0.15, -0.1) is 0 Å². The molecule has 4 heterocycles. The van der Waals surface area contributed by atoms with Crippen LogP contribution >= 0.6 is 11.6 Å². The quantitative estimate of drug-likeness (QED) is 0.581. The Balaban J connectivity index is 1.51. The molecule has 1 aromatic carbocycles. The maximum absolute atomic E-state index is 14.3. The summed E-state index contributed by atoms with van der Waals surface area (Å²) in [5, 5.41) is 22.4. The van der Waals surface area contributed by atoms with Crippen molar-refractivity contribution in [3.8, 4) is 0 Å². The van der Waals surface area contributed by atoms with Crippen LogP contribution in [0.25, 0.3) is 11.0 Å². The minimum atomic E-state index is -1.33. The number of nitrogen functional groups attached to an aromatic ring is 1. The summed E-state index contributed by atoms with van der Waals surface area (Å²) in [5.41, 5.74) is 7.27. The first-order valence-electron chi connectivity index (χ1n) is 9.09. The van der Waals surface area contributed by atoms with E-state index in [0.717, 1.165) is 0 Å². The third kappa shape index (κ3) is 2.89. The van der Waals surface area contributed by atoms with Crippen molar-refractivity contribution in [2.24, 2.45) is 0 Å². The number of aromatic nitrogens is 3. The fourth-order valence-electron chi connectivity index (χ4n) is 4.08. The number of nitrogens with two attached hydrogens (primary N) is 1. The van der Waals surface area contributed by atoms with E-state index in [9.17, 15) is 14.6 Å². The van der Waals surface area contributed by atoms with E-state index in [-0.39, 0.29) is 6.61 Å². The second-order valence-electron chi connectivity index (χ2n) is 7.19. The van der Waals surface area contributed by atoms with Crippen LogP contribution in [-0.4, -0.2) is 49.7 Å². The van der Waals surface area contributed by atoms with Crippen LogP contribution in [0, 0.1) is 0 Å². The number of anilines is 1. The Morgan fingerprint density at radius 2 is 2.00 bits per heavy atom. The van der Waals surface area contributed by atoms with Crippen LogP contribution in [0.5, 0.6) is 0 Å². The van der Waals surface area contributed by atoms with Crippen molar-refractivity contribution < 1.29 is 24.1 Å². The van der Waals surface area contributed by atoms with E-state index >= 15 is 0 Å². The number of aliphatic hydroxyl groups is 2. The lowest BCUT2D eigenvalue weighted by Gasteiger charge is -2.33. The Labute approximate surface area is 169 Å². The van der Waals surface area contributed by atoms with E-state index < -0.39 is 36.8 Å². The molecule has 0 spiro atoms. The van der Waals surface area contributed by atoms with Crippen molar-refractivity contribution in [1.29, 1.82) is 0 Å². The van der Waals surface area contributed by atoms with Crippen LogP contribution in [0.1, 0.15) is 29.6 Å². The van der Waals surface area contributed by atoms with Gasteiger partial charge in [-0.25, -0.2) is 14.4 Å². The third-order valence-electron chi connectivity index (χ3n) is 5.50. The van der Waals surface area contributed by atoms with Crippen molar-refractivity contribution >= 4 is 28.5 Å². The van der Waals surface area contributed by atoms with E-state index in [1.54, 1.807) is 35.0 Å². The van der Waals surface area contributed by atoms with Crippen LogP contribution in [0.4, 0.5) is 10.2 Å². The van der Waals surface area contributed by atoms with Gasteiger partial charge in [0.15, 0.2) is 6.23 Å². The second kappa shape index (κ2) is 6.89. The predicted octanol–water partition coefficient (Wildman–Crippen LogP) is 2.07. The standard InChI is InChI=1S/C19H18ClFN4O4/c20-8-1-2-9-11(5-8)12(21)6-28-15(9)16-13(26)14(27)19(29-16)25-4-3-10-17(22)23-7-24-18(10)25/h1-5,7,12-16,19,26-27H,6H2,(H2,22,23,24)/t12-,13+,14-,15-,16+,19-/m1/s1. The molecular weight excluding hydrogens is 403 g/mol. The summed E-state index contributed by atoms with van der Waals surface area (Å²) in [6.45, 7) is -0.193. The number of hydrogen-bond donors (Lipinski definition) is 3. The van der Waals surface area contributed by atoms with Crippen LogP contribution in [0.2, 0.25) is 5.02 Å². The zero-order valence-electron chi connectivity index (χ0n) is 15.0. The first-order valence-corrected chi connectivity index (χ1v) is 9.47. The van der Waals surface area contributed by atoms with Gasteiger partial charge in [0, 0.05) is 11.2 Å². The molecule has 0 amide bonds. The zero-order valence-corrected chi connectivity index (χ0v) is 15.8. The molecule has 5 rings (SSSR count). The van der Waals surface area contributed by atoms with E-state index in [1.165, 1.54) is 6.33 Å². The molecule has 0 radical (unpaired) electrons. The summed E-state index contributed by atoms with van der Waals surface area (Å²) >= 11 is 6.01. The number of halogens is 2. The van der Waals surface area contributed by atoms with Gasteiger partial charge in [-0.05, 0) is 29.3 Å². The van der Waals surface area contributed by atoms with E-state index in [2.05, 4.69) is 9.97 Å². The first-order chi connectivity index (χ1) is 14.0. The number of nitrogens with zero attached hydrogens (tertiary/aromatic N) is 3. The normalized spacial score (nSPS) is 31.9. The van der Waals surface area contributed by atoms with E-state index in [0.29, 0.717) is 33.0 Å². The van der Waals surface area contributed by atoms with E-state index in [1.807, 2.05) is 0 Å². The lowest BCUT2D eigenvalue weighted by atomic mass is 9.91. The van der Waals surface area contributed by atoms with Crippen molar-refractivity contribution in [3.05, 3.63) is 52.9 Å². The highest BCUT2D eigenvalue weighted by Crippen LogP contribution is 2.44. The molecule has 6 atom stereocenters. The van der Waals surface area contributed by atoms with Gasteiger partial charge in [0.1, 0.15) is 48.4 Å². The molecule has 0 saturated carbocycles. The Hall–Kier alpha value is -2.30. The number of hydrogen-bond acceptors (Lipinski definition) is 7. The number of benzene rings is 1. The molecule has 1 fully saturated rings. The van der Waals surface area contributed by atoms with Crippen molar-refractivity contribution in [2.75, 3.05) is 12.3 Å². The van der Waals surface area contributed by atoms with Crippen LogP contribution in [-0.2, 0) is 9.47 Å². The van der Waals surface area contributed by atoms with Crippen LogP contribution in [0.15, 0.2) is 36.8 Å².